The molecule has 16 heavy (non-hydrogen) atoms. The smallest absolute Gasteiger partial charge is 0.412 e. The molecule has 0 aliphatic carbocycles. The molecular weight excluding hydrogens is 431 g/mol. The molecule has 14 N–H and O–H groups in total. The van der Waals surface area contributed by atoms with Crippen molar-refractivity contribution < 1.29 is 53.3 Å². The summed E-state index contributed by atoms with van der Waals surface area (Å²) < 4.78 is 8.93. The predicted octanol–water partition coefficient (Wildman–Crippen LogP) is -6.13. The molecule has 0 aliphatic rings. The Morgan fingerprint density at radius 1 is 0.688 bits per heavy atom. The Hall–Kier alpha value is -0.418. The van der Waals surface area contributed by atoms with Crippen LogP contribution in [0.25, 0.3) is 0 Å². The first-order chi connectivity index (χ1) is 4.13. The molecule has 0 atom stereocenters. The van der Waals surface area contributed by atoms with Gasteiger partial charge < -0.3 is 38.3 Å². The van der Waals surface area contributed by atoms with Gasteiger partial charge in [-0.2, -0.15) is 0 Å². The SMILES string of the molecule is CC(=O)[O][Pb][O]C(C)=O.O.O.O.O.O.O.O. The summed E-state index contributed by atoms with van der Waals surface area (Å²) in [6.45, 7) is 2.58. The van der Waals surface area contributed by atoms with E-state index in [4.69, 9.17) is 0 Å². The topological polar surface area (TPSA) is 273 Å². The Bertz CT molecular complexity index is 113. The average molecular weight is 451 g/mol. The summed E-state index contributed by atoms with van der Waals surface area (Å²) in [7, 11) is 0. The number of carbonyl (C=O) groups is 2. The van der Waals surface area contributed by atoms with E-state index in [0.29, 0.717) is 0 Å². The molecule has 0 amide bonds. The Labute approximate surface area is 104 Å². The third-order valence-electron chi connectivity index (χ3n) is 0.371. The maximum absolute atomic E-state index is 10.1. The van der Waals surface area contributed by atoms with Crippen LogP contribution < -0.4 is 0 Å². The Morgan fingerprint density at radius 3 is 1.00 bits per heavy atom. The molecule has 0 aromatic carbocycles. The first-order valence-corrected chi connectivity index (χ1v) is 5.40. The zero-order chi connectivity index (χ0) is 7.28. The number of hydrogen-bond acceptors (Lipinski definition) is 4. The fourth-order valence-corrected chi connectivity index (χ4v) is 1.21. The molecule has 0 unspecified atom stereocenters. The largest absolute Gasteiger partial charge is 0.412 e. The van der Waals surface area contributed by atoms with Crippen molar-refractivity contribution in [3.63, 3.8) is 0 Å². The summed E-state index contributed by atoms with van der Waals surface area (Å²) >= 11 is -1.82. The molecule has 0 bridgehead atoms. The van der Waals surface area contributed by atoms with Crippen molar-refractivity contribution in [3.8, 4) is 0 Å². The zero-order valence-corrected chi connectivity index (χ0v) is 12.5. The van der Waals surface area contributed by atoms with Gasteiger partial charge in [0.15, 0.2) is 0 Å². The van der Waals surface area contributed by atoms with Crippen LogP contribution >= 0.6 is 0 Å². The molecule has 12 heteroatoms. The molecule has 0 aromatic rings. The fourth-order valence-electron chi connectivity index (χ4n) is 0.138. The summed E-state index contributed by atoms with van der Waals surface area (Å²) in [5.74, 6) is -0.751. The van der Waals surface area contributed by atoms with Gasteiger partial charge in [0.2, 0.25) is 0 Å². The zero-order valence-electron chi connectivity index (χ0n) is 8.63. The minimum Gasteiger partial charge on any atom is -0.412 e. The van der Waals surface area contributed by atoms with E-state index < -0.39 is 25.1 Å². The second-order valence-corrected chi connectivity index (χ2v) is 3.51. The molecule has 0 heterocycles. The van der Waals surface area contributed by atoms with Crippen molar-refractivity contribution in [2.75, 3.05) is 0 Å². The van der Waals surface area contributed by atoms with Crippen LogP contribution in [0.4, 0.5) is 0 Å². The molecule has 0 aromatic heterocycles. The van der Waals surface area contributed by atoms with Crippen LogP contribution in [0.15, 0.2) is 0 Å². The first-order valence-electron chi connectivity index (χ1n) is 2.22. The van der Waals surface area contributed by atoms with E-state index in [9.17, 15) is 9.59 Å². The molecule has 0 saturated heterocycles. The molecule has 2 radical (unpaired) electrons. The molecule has 0 saturated carbocycles. The minimum absolute atomic E-state index is 0. The summed E-state index contributed by atoms with van der Waals surface area (Å²) in [6.07, 6.45) is 0. The van der Waals surface area contributed by atoms with Crippen LogP contribution in [0.3, 0.4) is 0 Å². The molecule has 0 aliphatic heterocycles. The first kappa shape index (κ1) is 57.6. The molecule has 0 fully saturated rings. The predicted molar refractivity (Wildman–Crippen MR) is 54.6 cm³/mol. The van der Waals surface area contributed by atoms with Gasteiger partial charge >= 0.3 is 65.9 Å². The van der Waals surface area contributed by atoms with Gasteiger partial charge in [-0.25, -0.2) is 0 Å². The van der Waals surface area contributed by atoms with E-state index in [1.165, 1.54) is 13.8 Å². The third kappa shape index (κ3) is 69.0. The standard InChI is InChI=1S/2C2H4O2.7H2O.Pb/c2*1-2(3)4;;;;;;;;/h2*1H3,(H,3,4);7*1H2;/q;;;;;;;;;+2/p-2. The normalized spacial score (nSPS) is 4.62. The van der Waals surface area contributed by atoms with Gasteiger partial charge in [-0.05, 0) is 0 Å². The summed E-state index contributed by atoms with van der Waals surface area (Å²) in [6, 6.07) is 0. The monoisotopic (exact) mass is 452 g/mol. The van der Waals surface area contributed by atoms with E-state index in [1.807, 2.05) is 0 Å². The molecule has 0 spiro atoms. The van der Waals surface area contributed by atoms with Crippen LogP contribution in [-0.4, -0.2) is 75.4 Å². The second kappa shape index (κ2) is 36.5. The van der Waals surface area contributed by atoms with Crippen LogP contribution in [-0.2, 0) is 15.0 Å². The van der Waals surface area contributed by atoms with Gasteiger partial charge in [-0.1, -0.05) is 0 Å². The van der Waals surface area contributed by atoms with Crippen LogP contribution in [0, 0.1) is 0 Å². The Balaban J connectivity index is -0.0000000152. The number of carbonyl (C=O) groups excluding carboxylic acids is 2. The third-order valence-corrected chi connectivity index (χ3v) is 3.25. The van der Waals surface area contributed by atoms with Gasteiger partial charge in [0.25, 0.3) is 0 Å². The number of rotatable bonds is 2. The quantitative estimate of drug-likeness (QED) is 0.370. The van der Waals surface area contributed by atoms with Crippen molar-refractivity contribution in [1.82, 2.24) is 0 Å². The van der Waals surface area contributed by atoms with Crippen molar-refractivity contribution >= 4 is 37.1 Å². The number of hydrogen-bond donors (Lipinski definition) is 0. The summed E-state index contributed by atoms with van der Waals surface area (Å²) in [5.41, 5.74) is 0. The Morgan fingerprint density at radius 2 is 0.875 bits per heavy atom. The van der Waals surface area contributed by atoms with Gasteiger partial charge in [-0.3, -0.25) is 0 Å². The van der Waals surface area contributed by atoms with Crippen LogP contribution in [0.1, 0.15) is 13.8 Å². The second-order valence-electron chi connectivity index (χ2n) is 1.27. The van der Waals surface area contributed by atoms with Crippen molar-refractivity contribution in [1.29, 1.82) is 0 Å². The Kier molecular flexibility index (Phi) is 132. The van der Waals surface area contributed by atoms with E-state index in [1.54, 1.807) is 0 Å². The van der Waals surface area contributed by atoms with Gasteiger partial charge in [-0.15, -0.1) is 0 Å². The van der Waals surface area contributed by atoms with E-state index in [0.717, 1.165) is 0 Å². The van der Waals surface area contributed by atoms with Crippen molar-refractivity contribution in [3.05, 3.63) is 0 Å². The van der Waals surface area contributed by atoms with E-state index >= 15 is 0 Å². The molecular formula is C4H20O11Pb. The molecule has 11 nitrogen and oxygen atoms in total. The summed E-state index contributed by atoms with van der Waals surface area (Å²) in [5, 5.41) is 0. The minimum atomic E-state index is -1.82. The van der Waals surface area contributed by atoms with Crippen molar-refractivity contribution in [2.45, 2.75) is 13.8 Å². The summed E-state index contributed by atoms with van der Waals surface area (Å²) in [4.78, 5) is 20.1. The van der Waals surface area contributed by atoms with E-state index in [2.05, 4.69) is 5.37 Å². The van der Waals surface area contributed by atoms with Gasteiger partial charge in [0.1, 0.15) is 0 Å². The maximum atomic E-state index is 10.1. The van der Waals surface area contributed by atoms with Gasteiger partial charge in [0, 0.05) is 0 Å². The van der Waals surface area contributed by atoms with Crippen molar-refractivity contribution in [2.24, 2.45) is 0 Å². The molecule has 0 rings (SSSR count). The van der Waals surface area contributed by atoms with Crippen LogP contribution in [0.5, 0.6) is 0 Å². The fraction of sp³-hybridized carbons (Fsp3) is 0.500. The maximum Gasteiger partial charge on any atom is -0.412 e. The van der Waals surface area contributed by atoms with Crippen LogP contribution in [0.2, 0.25) is 0 Å². The molecule has 106 valence electrons. The average Bonchev–Trinajstić information content (AvgIpc) is 1.63. The van der Waals surface area contributed by atoms with E-state index in [-0.39, 0.29) is 50.3 Å². The van der Waals surface area contributed by atoms with Gasteiger partial charge in [0.05, 0.1) is 0 Å².